The highest BCUT2D eigenvalue weighted by molar-refractivity contribution is 6.01. The molecule has 0 bridgehead atoms. The number of esters is 2. The van der Waals surface area contributed by atoms with Crippen LogP contribution in [0.4, 0.5) is 4.39 Å². The van der Waals surface area contributed by atoms with Crippen molar-refractivity contribution in [2.75, 3.05) is 6.61 Å². The Bertz CT molecular complexity index is 1020. The molecule has 0 N–H and O–H groups in total. The second-order valence-electron chi connectivity index (χ2n) is 10.4. The Labute approximate surface area is 193 Å². The Morgan fingerprint density at radius 3 is 2.45 bits per heavy atom. The van der Waals surface area contributed by atoms with Gasteiger partial charge in [0.25, 0.3) is 0 Å². The second-order valence-corrected chi connectivity index (χ2v) is 10.4. The van der Waals surface area contributed by atoms with Crippen LogP contribution in [0.15, 0.2) is 35.5 Å². The molecular formula is C26H31FO6. The number of carbonyl (C=O) groups is 4. The minimum atomic E-state index is -1.47. The number of rotatable bonds is 4. The van der Waals surface area contributed by atoms with Crippen LogP contribution in [0.2, 0.25) is 0 Å². The molecule has 0 spiro atoms. The lowest BCUT2D eigenvalue weighted by molar-refractivity contribution is -0.190. The van der Waals surface area contributed by atoms with E-state index in [1.807, 2.05) is 20.8 Å². The van der Waals surface area contributed by atoms with E-state index < -0.39 is 46.9 Å². The van der Waals surface area contributed by atoms with Crippen molar-refractivity contribution in [2.45, 2.75) is 65.7 Å². The van der Waals surface area contributed by atoms with Gasteiger partial charge in [0.1, 0.15) is 6.17 Å². The van der Waals surface area contributed by atoms with E-state index in [1.54, 1.807) is 6.08 Å². The van der Waals surface area contributed by atoms with Crippen molar-refractivity contribution < 1.29 is 33.0 Å². The number of carbonyl (C=O) groups excluding carboxylic acids is 4. The third-order valence-electron chi connectivity index (χ3n) is 8.60. The van der Waals surface area contributed by atoms with Crippen molar-refractivity contribution >= 4 is 23.5 Å². The smallest absolute Gasteiger partial charge is 0.303 e. The lowest BCUT2D eigenvalue weighted by Crippen LogP contribution is -2.60. The van der Waals surface area contributed by atoms with Crippen LogP contribution in [0.25, 0.3) is 0 Å². The van der Waals surface area contributed by atoms with E-state index in [1.165, 1.54) is 26.0 Å². The fourth-order valence-electron chi connectivity index (χ4n) is 7.23. The number of Topliss-reactive ketones (excluding diaryl/α,β-unsaturated/α-hetero) is 1. The topological polar surface area (TPSA) is 86.7 Å². The van der Waals surface area contributed by atoms with Crippen molar-refractivity contribution in [1.82, 2.24) is 0 Å². The van der Waals surface area contributed by atoms with Crippen molar-refractivity contribution in [1.29, 1.82) is 0 Å². The molecule has 2 fully saturated rings. The lowest BCUT2D eigenvalue weighted by atomic mass is 9.51. The highest BCUT2D eigenvalue weighted by atomic mass is 19.1. The van der Waals surface area contributed by atoms with E-state index in [2.05, 4.69) is 6.08 Å². The molecule has 7 atom stereocenters. The number of halogens is 1. The van der Waals surface area contributed by atoms with Gasteiger partial charge in [0, 0.05) is 30.6 Å². The number of alkyl halides is 1. The summed E-state index contributed by atoms with van der Waals surface area (Å²) >= 11 is 0. The van der Waals surface area contributed by atoms with Crippen molar-refractivity contribution in [2.24, 2.45) is 28.6 Å². The van der Waals surface area contributed by atoms with E-state index in [4.69, 9.17) is 9.47 Å². The van der Waals surface area contributed by atoms with Crippen LogP contribution >= 0.6 is 0 Å². The van der Waals surface area contributed by atoms with Gasteiger partial charge in [-0.05, 0) is 55.7 Å². The maximum Gasteiger partial charge on any atom is 0.303 e. The molecule has 4 rings (SSSR count). The summed E-state index contributed by atoms with van der Waals surface area (Å²) in [6, 6.07) is 0. The molecule has 4 aliphatic carbocycles. The van der Waals surface area contributed by atoms with Crippen LogP contribution in [0.3, 0.4) is 0 Å². The number of hydrogen-bond donors (Lipinski definition) is 0. The second kappa shape index (κ2) is 7.74. The standard InChI is InChI=1S/C26H31FO6/c1-14-10-20-18-12-22(27)21-11-17(30)6-8-24(21,4)19(18)7-9-25(20,5)26(14,33-16(3)29)23(31)13-32-15(2)28/h6-8,11,14,18,20,22H,9-10,12-13H2,1-5H3/t14-,18-,20+,22-,24-,25+,26+/m1/s1. The van der Waals surface area contributed by atoms with Crippen molar-refractivity contribution in [3.05, 3.63) is 35.5 Å². The van der Waals surface area contributed by atoms with Gasteiger partial charge in [-0.1, -0.05) is 31.6 Å². The fraction of sp³-hybridized carbons (Fsp3) is 0.615. The lowest BCUT2D eigenvalue weighted by Gasteiger charge is -2.54. The fourth-order valence-corrected chi connectivity index (χ4v) is 7.23. The molecule has 6 nitrogen and oxygen atoms in total. The minimum absolute atomic E-state index is 0.115. The van der Waals surface area contributed by atoms with Gasteiger partial charge < -0.3 is 9.47 Å². The molecule has 178 valence electrons. The van der Waals surface area contributed by atoms with Gasteiger partial charge in [-0.2, -0.15) is 0 Å². The van der Waals surface area contributed by atoms with Crippen LogP contribution in [-0.4, -0.2) is 41.9 Å². The van der Waals surface area contributed by atoms with E-state index in [0.29, 0.717) is 18.4 Å². The normalized spacial score (nSPS) is 41.2. The van der Waals surface area contributed by atoms with Gasteiger partial charge in [0.2, 0.25) is 5.78 Å². The van der Waals surface area contributed by atoms with Gasteiger partial charge in [-0.15, -0.1) is 0 Å². The zero-order valence-corrected chi connectivity index (χ0v) is 19.8. The molecule has 2 saturated carbocycles. The summed E-state index contributed by atoms with van der Waals surface area (Å²) in [5.41, 5.74) is -1.39. The molecule has 0 aromatic rings. The van der Waals surface area contributed by atoms with E-state index in [0.717, 1.165) is 5.57 Å². The molecule has 0 radical (unpaired) electrons. The van der Waals surface area contributed by atoms with Crippen LogP contribution in [0.5, 0.6) is 0 Å². The summed E-state index contributed by atoms with van der Waals surface area (Å²) in [5.74, 6) is -2.42. The first-order chi connectivity index (χ1) is 15.4. The quantitative estimate of drug-likeness (QED) is 0.470. The SMILES string of the molecule is CC(=O)OCC(=O)[C@@]1(OC(C)=O)[C@H](C)C[C@H]2[C@@H]3C[C@@H](F)C4=CC(=O)C=C[C@]4(C)C3=CC[C@@]21C. The summed E-state index contributed by atoms with van der Waals surface area (Å²) in [4.78, 5) is 49.1. The van der Waals surface area contributed by atoms with E-state index >= 15 is 4.39 Å². The monoisotopic (exact) mass is 458 g/mol. The third-order valence-corrected chi connectivity index (χ3v) is 8.60. The van der Waals surface area contributed by atoms with Gasteiger partial charge in [0.15, 0.2) is 18.0 Å². The number of ether oxygens (including phenoxy) is 2. The first-order valence-corrected chi connectivity index (χ1v) is 11.5. The Morgan fingerprint density at radius 1 is 1.12 bits per heavy atom. The highest BCUT2D eigenvalue weighted by Crippen LogP contribution is 2.67. The zero-order chi connectivity index (χ0) is 24.3. The Kier molecular flexibility index (Phi) is 5.53. The summed E-state index contributed by atoms with van der Waals surface area (Å²) in [5, 5.41) is 0. The predicted molar refractivity (Wildman–Crippen MR) is 118 cm³/mol. The first-order valence-electron chi connectivity index (χ1n) is 11.5. The molecular weight excluding hydrogens is 427 g/mol. The molecule has 0 aromatic heterocycles. The van der Waals surface area contributed by atoms with Gasteiger partial charge in [0.05, 0.1) is 0 Å². The molecule has 7 heteroatoms. The Balaban J connectivity index is 1.81. The maximum absolute atomic E-state index is 15.5. The molecule has 0 amide bonds. The zero-order valence-electron chi connectivity index (χ0n) is 19.8. The molecule has 0 heterocycles. The summed E-state index contributed by atoms with van der Waals surface area (Å²) in [6.07, 6.45) is 6.73. The maximum atomic E-state index is 15.5. The van der Waals surface area contributed by atoms with E-state index in [9.17, 15) is 19.2 Å². The third kappa shape index (κ3) is 3.26. The van der Waals surface area contributed by atoms with Crippen LogP contribution in [-0.2, 0) is 28.7 Å². The summed E-state index contributed by atoms with van der Waals surface area (Å²) < 4.78 is 26.3. The van der Waals surface area contributed by atoms with Gasteiger partial charge in [-0.3, -0.25) is 19.2 Å². The number of fused-ring (bicyclic) bond motifs is 5. The summed E-state index contributed by atoms with van der Waals surface area (Å²) in [6.45, 7) is 7.77. The summed E-state index contributed by atoms with van der Waals surface area (Å²) in [7, 11) is 0. The molecule has 0 saturated heterocycles. The number of allylic oxidation sites excluding steroid dienone is 6. The molecule has 4 aliphatic rings. The molecule has 0 aromatic carbocycles. The molecule has 0 aliphatic heterocycles. The molecule has 0 unspecified atom stereocenters. The highest BCUT2D eigenvalue weighted by Gasteiger charge is 2.70. The Hall–Kier alpha value is -2.57. The average molecular weight is 459 g/mol. The number of hydrogen-bond acceptors (Lipinski definition) is 6. The molecule has 33 heavy (non-hydrogen) atoms. The van der Waals surface area contributed by atoms with Crippen LogP contribution in [0.1, 0.15) is 53.9 Å². The van der Waals surface area contributed by atoms with Crippen molar-refractivity contribution in [3.8, 4) is 0 Å². The van der Waals surface area contributed by atoms with Gasteiger partial charge in [-0.25, -0.2) is 4.39 Å². The largest absolute Gasteiger partial charge is 0.458 e. The number of ketones is 2. The van der Waals surface area contributed by atoms with Crippen LogP contribution in [0, 0.1) is 28.6 Å². The predicted octanol–water partition coefficient (Wildman–Crippen LogP) is 3.84. The average Bonchev–Trinajstić information content (AvgIpc) is 2.95. The van der Waals surface area contributed by atoms with Gasteiger partial charge >= 0.3 is 11.9 Å². The first kappa shape index (κ1) is 23.6. The van der Waals surface area contributed by atoms with E-state index in [-0.39, 0.29) is 30.0 Å². The van der Waals surface area contributed by atoms with Crippen LogP contribution < -0.4 is 0 Å². The Morgan fingerprint density at radius 2 is 1.82 bits per heavy atom. The van der Waals surface area contributed by atoms with Crippen molar-refractivity contribution in [3.63, 3.8) is 0 Å². The minimum Gasteiger partial charge on any atom is -0.458 e.